The zero-order valence-electron chi connectivity index (χ0n) is 7.95. The van der Waals surface area contributed by atoms with Crippen molar-refractivity contribution in [1.82, 2.24) is 0 Å². The summed E-state index contributed by atoms with van der Waals surface area (Å²) in [7, 11) is 0. The minimum atomic E-state index is 0.00574. The van der Waals surface area contributed by atoms with Gasteiger partial charge < -0.3 is 10.5 Å². The largest absolute Gasteiger partial charge is 0.381 e. The molecule has 2 rings (SSSR count). The number of ether oxygens (including phenoxy) is 1. The van der Waals surface area contributed by atoms with Crippen molar-refractivity contribution in [3.8, 4) is 0 Å². The molecule has 76 valence electrons. The van der Waals surface area contributed by atoms with Crippen LogP contribution in [0.15, 0.2) is 24.3 Å². The van der Waals surface area contributed by atoms with E-state index >= 15 is 0 Å². The quantitative estimate of drug-likeness (QED) is 0.815. The lowest BCUT2D eigenvalue weighted by molar-refractivity contribution is 0.181. The highest BCUT2D eigenvalue weighted by Crippen LogP contribution is 2.30. The Morgan fingerprint density at radius 1 is 1.43 bits per heavy atom. The third-order valence-corrected chi connectivity index (χ3v) is 3.08. The van der Waals surface area contributed by atoms with Crippen LogP contribution in [-0.2, 0) is 4.74 Å². The predicted molar refractivity (Wildman–Crippen MR) is 57.3 cm³/mol. The highest BCUT2D eigenvalue weighted by molar-refractivity contribution is 6.31. The van der Waals surface area contributed by atoms with E-state index in [4.69, 9.17) is 22.1 Å². The van der Waals surface area contributed by atoms with Crippen LogP contribution in [0.2, 0.25) is 5.02 Å². The van der Waals surface area contributed by atoms with E-state index in [-0.39, 0.29) is 6.04 Å². The van der Waals surface area contributed by atoms with Crippen molar-refractivity contribution < 1.29 is 4.74 Å². The highest BCUT2D eigenvalue weighted by atomic mass is 35.5. The Balaban J connectivity index is 2.17. The van der Waals surface area contributed by atoms with E-state index in [0.29, 0.717) is 5.92 Å². The van der Waals surface area contributed by atoms with Gasteiger partial charge in [-0.2, -0.15) is 0 Å². The van der Waals surface area contributed by atoms with Crippen molar-refractivity contribution in [2.24, 2.45) is 11.7 Å². The van der Waals surface area contributed by atoms with Crippen molar-refractivity contribution in [3.05, 3.63) is 34.9 Å². The summed E-state index contributed by atoms with van der Waals surface area (Å²) in [6.07, 6.45) is 1.03. The van der Waals surface area contributed by atoms with Gasteiger partial charge in [0.2, 0.25) is 0 Å². The lowest BCUT2D eigenvalue weighted by Gasteiger charge is -2.18. The molecule has 14 heavy (non-hydrogen) atoms. The molecule has 1 aromatic carbocycles. The van der Waals surface area contributed by atoms with Gasteiger partial charge in [-0.25, -0.2) is 0 Å². The molecule has 1 saturated heterocycles. The molecule has 0 spiro atoms. The first-order chi connectivity index (χ1) is 6.79. The monoisotopic (exact) mass is 211 g/mol. The van der Waals surface area contributed by atoms with Crippen LogP contribution < -0.4 is 5.73 Å². The van der Waals surface area contributed by atoms with Gasteiger partial charge in [-0.05, 0) is 18.1 Å². The molecule has 3 heteroatoms. The fourth-order valence-electron chi connectivity index (χ4n) is 1.84. The van der Waals surface area contributed by atoms with E-state index < -0.39 is 0 Å². The van der Waals surface area contributed by atoms with E-state index in [1.807, 2.05) is 24.3 Å². The molecule has 1 aliphatic heterocycles. The first kappa shape index (κ1) is 9.97. The van der Waals surface area contributed by atoms with Crippen molar-refractivity contribution in [2.75, 3.05) is 13.2 Å². The van der Waals surface area contributed by atoms with Crippen molar-refractivity contribution in [3.63, 3.8) is 0 Å². The predicted octanol–water partition coefficient (Wildman–Crippen LogP) is 2.38. The Hall–Kier alpha value is -0.570. The van der Waals surface area contributed by atoms with Gasteiger partial charge in [0.05, 0.1) is 6.61 Å². The van der Waals surface area contributed by atoms with Gasteiger partial charge >= 0.3 is 0 Å². The molecule has 2 atom stereocenters. The maximum atomic E-state index is 6.14. The minimum Gasteiger partial charge on any atom is -0.381 e. The normalized spacial score (nSPS) is 23.7. The van der Waals surface area contributed by atoms with Crippen LogP contribution in [-0.4, -0.2) is 13.2 Å². The third-order valence-electron chi connectivity index (χ3n) is 2.74. The molecular weight excluding hydrogens is 198 g/mol. The van der Waals surface area contributed by atoms with Crippen LogP contribution in [0.1, 0.15) is 18.0 Å². The molecule has 0 radical (unpaired) electrons. The molecular formula is C11H14ClNO. The molecule has 1 aliphatic rings. The topological polar surface area (TPSA) is 35.2 Å². The van der Waals surface area contributed by atoms with Crippen LogP contribution in [0.4, 0.5) is 0 Å². The number of nitrogens with two attached hydrogens (primary N) is 1. The molecule has 2 N–H and O–H groups in total. The Kier molecular flexibility index (Phi) is 3.06. The Morgan fingerprint density at radius 2 is 2.21 bits per heavy atom. The number of hydrogen-bond donors (Lipinski definition) is 1. The molecule has 2 nitrogen and oxygen atoms in total. The van der Waals surface area contributed by atoms with Gasteiger partial charge in [-0.1, -0.05) is 29.8 Å². The average Bonchev–Trinajstić information content (AvgIpc) is 2.70. The van der Waals surface area contributed by atoms with Crippen LogP contribution >= 0.6 is 11.6 Å². The molecule has 0 aliphatic carbocycles. The lowest BCUT2D eigenvalue weighted by Crippen LogP contribution is -2.21. The molecule has 1 fully saturated rings. The van der Waals surface area contributed by atoms with Crippen molar-refractivity contribution in [1.29, 1.82) is 0 Å². The number of halogens is 1. The van der Waals surface area contributed by atoms with Crippen LogP contribution in [0, 0.1) is 5.92 Å². The fourth-order valence-corrected chi connectivity index (χ4v) is 2.10. The highest BCUT2D eigenvalue weighted by Gasteiger charge is 2.24. The Morgan fingerprint density at radius 3 is 2.86 bits per heavy atom. The second-order valence-electron chi connectivity index (χ2n) is 3.67. The SMILES string of the molecule is NC(c1ccccc1Cl)C1CCOC1. The van der Waals surface area contributed by atoms with Crippen LogP contribution in [0.3, 0.4) is 0 Å². The maximum Gasteiger partial charge on any atom is 0.0513 e. The van der Waals surface area contributed by atoms with Crippen molar-refractivity contribution in [2.45, 2.75) is 12.5 Å². The zero-order chi connectivity index (χ0) is 9.97. The summed E-state index contributed by atoms with van der Waals surface area (Å²) >= 11 is 6.08. The van der Waals surface area contributed by atoms with Gasteiger partial charge in [0.15, 0.2) is 0 Å². The van der Waals surface area contributed by atoms with Crippen LogP contribution in [0.25, 0.3) is 0 Å². The molecule has 2 unspecified atom stereocenters. The number of rotatable bonds is 2. The summed E-state index contributed by atoms with van der Waals surface area (Å²) < 4.78 is 5.32. The van der Waals surface area contributed by atoms with E-state index in [0.717, 1.165) is 30.2 Å². The molecule has 0 amide bonds. The zero-order valence-corrected chi connectivity index (χ0v) is 8.70. The summed E-state index contributed by atoms with van der Waals surface area (Å²) in [6, 6.07) is 7.77. The van der Waals surface area contributed by atoms with Gasteiger partial charge in [0.25, 0.3) is 0 Å². The van der Waals surface area contributed by atoms with E-state index in [2.05, 4.69) is 0 Å². The number of benzene rings is 1. The molecule has 1 aromatic rings. The summed E-state index contributed by atoms with van der Waals surface area (Å²) in [5.41, 5.74) is 7.17. The summed E-state index contributed by atoms with van der Waals surface area (Å²) in [4.78, 5) is 0. The third kappa shape index (κ3) is 1.92. The average molecular weight is 212 g/mol. The molecule has 0 bridgehead atoms. The number of hydrogen-bond acceptors (Lipinski definition) is 2. The van der Waals surface area contributed by atoms with E-state index in [1.54, 1.807) is 0 Å². The molecule has 0 saturated carbocycles. The summed E-state index contributed by atoms with van der Waals surface area (Å²) in [5.74, 6) is 0.412. The van der Waals surface area contributed by atoms with Crippen molar-refractivity contribution >= 4 is 11.6 Å². The van der Waals surface area contributed by atoms with E-state index in [9.17, 15) is 0 Å². The smallest absolute Gasteiger partial charge is 0.0513 e. The Bertz CT molecular complexity index is 310. The first-order valence-corrected chi connectivity index (χ1v) is 5.24. The fraction of sp³-hybridized carbons (Fsp3) is 0.455. The first-order valence-electron chi connectivity index (χ1n) is 4.87. The van der Waals surface area contributed by atoms with Gasteiger partial charge in [-0.3, -0.25) is 0 Å². The minimum absolute atomic E-state index is 0.00574. The van der Waals surface area contributed by atoms with Gasteiger partial charge in [0.1, 0.15) is 0 Å². The molecule has 0 aromatic heterocycles. The lowest BCUT2D eigenvalue weighted by atomic mass is 9.93. The van der Waals surface area contributed by atoms with Gasteiger partial charge in [-0.15, -0.1) is 0 Å². The van der Waals surface area contributed by atoms with Gasteiger partial charge in [0, 0.05) is 23.6 Å². The molecule has 1 heterocycles. The second kappa shape index (κ2) is 4.30. The summed E-state index contributed by atoms with van der Waals surface area (Å²) in [5, 5.41) is 0.756. The van der Waals surface area contributed by atoms with E-state index in [1.165, 1.54) is 0 Å². The summed E-state index contributed by atoms with van der Waals surface area (Å²) in [6.45, 7) is 1.58. The van der Waals surface area contributed by atoms with Crippen LogP contribution in [0.5, 0.6) is 0 Å². The standard InChI is InChI=1S/C11H14ClNO/c12-10-4-2-1-3-9(10)11(13)8-5-6-14-7-8/h1-4,8,11H,5-7,13H2. The Labute approximate surface area is 89.0 Å². The second-order valence-corrected chi connectivity index (χ2v) is 4.08. The maximum absolute atomic E-state index is 6.14.